The number of carboxylic acid groups (broad SMARTS) is 1. The van der Waals surface area contributed by atoms with Crippen LogP contribution in [0.5, 0.6) is 0 Å². The lowest BCUT2D eigenvalue weighted by atomic mass is 10.1. The maximum Gasteiger partial charge on any atom is 0.338 e. The normalized spacial score (nSPS) is 10.1. The molecule has 1 N–H and O–H groups in total. The summed E-state index contributed by atoms with van der Waals surface area (Å²) in [6.45, 7) is 0.436. The van der Waals surface area contributed by atoms with E-state index >= 15 is 0 Å². The molecule has 0 radical (unpaired) electrons. The van der Waals surface area contributed by atoms with E-state index in [9.17, 15) is 9.59 Å². The molecule has 0 aromatic carbocycles. The molecule has 21 heavy (non-hydrogen) atoms. The van der Waals surface area contributed by atoms with Crippen LogP contribution >= 0.6 is 0 Å². The third kappa shape index (κ3) is 3.62. The van der Waals surface area contributed by atoms with Crippen LogP contribution in [0, 0.1) is 0 Å². The van der Waals surface area contributed by atoms with Gasteiger partial charge >= 0.3 is 5.97 Å². The number of carbonyl (C=O) groups excluding carboxylic acids is 1. The molecule has 0 saturated carbocycles. The minimum Gasteiger partial charge on any atom is -0.478 e. The van der Waals surface area contributed by atoms with Gasteiger partial charge in [0.15, 0.2) is 0 Å². The average Bonchev–Trinajstić information content (AvgIpc) is 2.52. The van der Waals surface area contributed by atoms with E-state index in [0.29, 0.717) is 13.0 Å². The van der Waals surface area contributed by atoms with Gasteiger partial charge in [-0.05, 0) is 24.3 Å². The Morgan fingerprint density at radius 3 is 2.57 bits per heavy atom. The number of nitrogens with zero attached hydrogens (tertiary/aromatic N) is 3. The van der Waals surface area contributed by atoms with Gasteiger partial charge in [-0.1, -0.05) is 6.07 Å². The van der Waals surface area contributed by atoms with Crippen LogP contribution in [0.1, 0.15) is 26.5 Å². The first-order valence-electron chi connectivity index (χ1n) is 6.43. The predicted octanol–water partition coefficient (Wildman–Crippen LogP) is 1.49. The zero-order chi connectivity index (χ0) is 15.2. The molecule has 0 fully saturated rings. The van der Waals surface area contributed by atoms with Crippen LogP contribution in [0.15, 0.2) is 42.7 Å². The van der Waals surface area contributed by atoms with Crippen LogP contribution in [0.2, 0.25) is 0 Å². The lowest BCUT2D eigenvalue weighted by molar-refractivity contribution is 0.0679. The second-order valence-corrected chi connectivity index (χ2v) is 4.50. The van der Waals surface area contributed by atoms with Crippen molar-refractivity contribution in [2.75, 3.05) is 13.6 Å². The first-order valence-corrected chi connectivity index (χ1v) is 6.43. The smallest absolute Gasteiger partial charge is 0.338 e. The Balaban J connectivity index is 2.08. The van der Waals surface area contributed by atoms with E-state index < -0.39 is 11.9 Å². The Morgan fingerprint density at radius 2 is 1.90 bits per heavy atom. The van der Waals surface area contributed by atoms with Gasteiger partial charge in [-0.3, -0.25) is 14.8 Å². The minimum absolute atomic E-state index is 0.0477. The van der Waals surface area contributed by atoms with Gasteiger partial charge in [-0.25, -0.2) is 4.79 Å². The number of pyridine rings is 2. The molecule has 0 bridgehead atoms. The van der Waals surface area contributed by atoms with E-state index in [1.54, 1.807) is 13.2 Å². The number of carboxylic acids is 1. The number of aromatic nitrogens is 2. The summed E-state index contributed by atoms with van der Waals surface area (Å²) in [5.74, 6) is -1.58. The van der Waals surface area contributed by atoms with Gasteiger partial charge in [0.05, 0.1) is 5.56 Å². The van der Waals surface area contributed by atoms with Gasteiger partial charge in [0.1, 0.15) is 5.69 Å². The number of amides is 1. The fourth-order valence-electron chi connectivity index (χ4n) is 1.86. The van der Waals surface area contributed by atoms with E-state index in [1.807, 2.05) is 18.2 Å². The monoisotopic (exact) mass is 285 g/mol. The summed E-state index contributed by atoms with van der Waals surface area (Å²) in [6.07, 6.45) is 3.70. The van der Waals surface area contributed by atoms with Gasteiger partial charge in [0, 0.05) is 38.1 Å². The number of carbonyl (C=O) groups is 2. The maximum atomic E-state index is 12.3. The molecule has 2 aromatic heterocycles. The van der Waals surface area contributed by atoms with E-state index in [1.165, 1.54) is 23.2 Å². The van der Waals surface area contributed by atoms with E-state index in [2.05, 4.69) is 9.97 Å². The molecular formula is C15H15N3O3. The van der Waals surface area contributed by atoms with Crippen LogP contribution in [-0.2, 0) is 6.42 Å². The van der Waals surface area contributed by atoms with Crippen molar-refractivity contribution >= 4 is 11.9 Å². The molecule has 2 heterocycles. The molecule has 0 aliphatic carbocycles. The fraction of sp³-hybridized carbons (Fsp3) is 0.200. The maximum absolute atomic E-state index is 12.3. The van der Waals surface area contributed by atoms with Gasteiger partial charge < -0.3 is 10.0 Å². The van der Waals surface area contributed by atoms with Gasteiger partial charge in [0.25, 0.3) is 5.91 Å². The topological polar surface area (TPSA) is 83.4 Å². The highest BCUT2D eigenvalue weighted by Crippen LogP contribution is 2.09. The summed E-state index contributed by atoms with van der Waals surface area (Å²) in [4.78, 5) is 32.9. The van der Waals surface area contributed by atoms with Gasteiger partial charge in [-0.2, -0.15) is 0 Å². The Bertz CT molecular complexity index is 644. The van der Waals surface area contributed by atoms with Gasteiger partial charge in [-0.15, -0.1) is 0 Å². The first-order chi connectivity index (χ1) is 10.1. The molecule has 0 aliphatic rings. The van der Waals surface area contributed by atoms with Crippen molar-refractivity contribution in [2.45, 2.75) is 6.42 Å². The van der Waals surface area contributed by atoms with Crippen molar-refractivity contribution in [1.82, 2.24) is 14.9 Å². The largest absolute Gasteiger partial charge is 0.478 e. The van der Waals surface area contributed by atoms with E-state index in [-0.39, 0.29) is 11.3 Å². The molecule has 1 amide bonds. The van der Waals surface area contributed by atoms with Crippen LogP contribution in [0.4, 0.5) is 0 Å². The third-order valence-corrected chi connectivity index (χ3v) is 3.02. The molecule has 0 atom stereocenters. The molecule has 108 valence electrons. The predicted molar refractivity (Wildman–Crippen MR) is 76.1 cm³/mol. The molecule has 6 nitrogen and oxygen atoms in total. The molecule has 6 heteroatoms. The van der Waals surface area contributed by atoms with Crippen molar-refractivity contribution < 1.29 is 14.7 Å². The number of aromatic carboxylic acids is 1. The summed E-state index contributed by atoms with van der Waals surface area (Å²) in [5.41, 5.74) is 0.734. The highest BCUT2D eigenvalue weighted by molar-refractivity contribution is 6.03. The first kappa shape index (κ1) is 14.6. The van der Waals surface area contributed by atoms with Crippen molar-refractivity contribution in [2.24, 2.45) is 0 Å². The fourth-order valence-corrected chi connectivity index (χ4v) is 1.86. The van der Waals surface area contributed by atoms with Crippen molar-refractivity contribution in [3.05, 3.63) is 59.7 Å². The molecule has 2 rings (SSSR count). The second kappa shape index (κ2) is 6.60. The van der Waals surface area contributed by atoms with Crippen LogP contribution < -0.4 is 0 Å². The summed E-state index contributed by atoms with van der Waals surface area (Å²) in [5, 5.41) is 9.08. The lowest BCUT2D eigenvalue weighted by Gasteiger charge is -2.17. The average molecular weight is 285 g/mol. The highest BCUT2D eigenvalue weighted by atomic mass is 16.4. The second-order valence-electron chi connectivity index (χ2n) is 4.50. The van der Waals surface area contributed by atoms with Crippen LogP contribution in [-0.4, -0.2) is 45.4 Å². The lowest BCUT2D eigenvalue weighted by Crippen LogP contribution is -2.31. The third-order valence-electron chi connectivity index (χ3n) is 3.02. The number of hydrogen-bond acceptors (Lipinski definition) is 4. The zero-order valence-corrected chi connectivity index (χ0v) is 11.6. The number of rotatable bonds is 5. The Morgan fingerprint density at radius 1 is 1.14 bits per heavy atom. The quantitative estimate of drug-likeness (QED) is 0.899. The standard InChI is InChI=1S/C15H15N3O3/c1-18(10-7-11-5-2-3-8-16-11)14(19)13-12(15(20)21)6-4-9-17-13/h2-6,8-9H,7,10H2,1H3,(H,20,21). The Hall–Kier alpha value is -2.76. The molecule has 0 aliphatic heterocycles. The minimum atomic E-state index is -1.16. The summed E-state index contributed by atoms with van der Waals surface area (Å²) >= 11 is 0. The molecule has 0 unspecified atom stereocenters. The van der Waals surface area contributed by atoms with E-state index in [4.69, 9.17) is 5.11 Å². The summed E-state index contributed by atoms with van der Waals surface area (Å²) in [7, 11) is 1.62. The molecule has 0 saturated heterocycles. The molecular weight excluding hydrogens is 270 g/mol. The highest BCUT2D eigenvalue weighted by Gasteiger charge is 2.20. The van der Waals surface area contributed by atoms with Crippen LogP contribution in [0.3, 0.4) is 0 Å². The van der Waals surface area contributed by atoms with Crippen molar-refractivity contribution in [3.63, 3.8) is 0 Å². The Kier molecular flexibility index (Phi) is 4.61. The van der Waals surface area contributed by atoms with Crippen LogP contribution in [0.25, 0.3) is 0 Å². The van der Waals surface area contributed by atoms with Crippen molar-refractivity contribution in [3.8, 4) is 0 Å². The number of likely N-dealkylation sites (N-methyl/N-ethyl adjacent to an activating group) is 1. The SMILES string of the molecule is CN(CCc1ccccn1)C(=O)c1ncccc1C(=O)O. The van der Waals surface area contributed by atoms with Crippen molar-refractivity contribution in [1.29, 1.82) is 0 Å². The zero-order valence-electron chi connectivity index (χ0n) is 11.6. The Labute approximate surface area is 122 Å². The number of hydrogen-bond donors (Lipinski definition) is 1. The summed E-state index contributed by atoms with van der Waals surface area (Å²) in [6, 6.07) is 8.45. The molecule has 2 aromatic rings. The van der Waals surface area contributed by atoms with E-state index in [0.717, 1.165) is 5.69 Å². The summed E-state index contributed by atoms with van der Waals surface area (Å²) < 4.78 is 0. The van der Waals surface area contributed by atoms with Gasteiger partial charge in [0.2, 0.25) is 0 Å². The molecule has 0 spiro atoms.